The summed E-state index contributed by atoms with van der Waals surface area (Å²) in [6.07, 6.45) is 1.66. The Bertz CT molecular complexity index is 710. The minimum atomic E-state index is -0.298. The monoisotopic (exact) mass is 290 g/mol. The van der Waals surface area contributed by atoms with Gasteiger partial charge in [0, 0.05) is 19.3 Å². The van der Waals surface area contributed by atoms with E-state index in [1.807, 2.05) is 13.8 Å². The molecule has 7 nitrogen and oxygen atoms in total. The highest BCUT2D eigenvalue weighted by Crippen LogP contribution is 2.11. The van der Waals surface area contributed by atoms with Gasteiger partial charge in [-0.15, -0.1) is 5.10 Å². The van der Waals surface area contributed by atoms with Gasteiger partial charge in [0.1, 0.15) is 6.54 Å². The van der Waals surface area contributed by atoms with Crippen LogP contribution < -0.4 is 5.69 Å². The fourth-order valence-corrected chi connectivity index (χ4v) is 2.68. The summed E-state index contributed by atoms with van der Waals surface area (Å²) in [5.74, 6) is -0.109. The van der Waals surface area contributed by atoms with Crippen LogP contribution in [0.3, 0.4) is 0 Å². The molecule has 0 spiro atoms. The van der Waals surface area contributed by atoms with Crippen LogP contribution >= 0.6 is 0 Å². The molecule has 1 aliphatic rings. The summed E-state index contributed by atoms with van der Waals surface area (Å²) in [7, 11) is 0. The number of aromatic nitrogens is 3. The molecule has 0 saturated carbocycles. The number of pyridine rings is 1. The van der Waals surface area contributed by atoms with Crippen molar-refractivity contribution >= 4 is 11.6 Å². The SMILES string of the molecule is C[C@H]1CN(C(=O)Cn2nc3ccccn3c2=O)C[C@H](C)O1. The van der Waals surface area contributed by atoms with Gasteiger partial charge >= 0.3 is 5.69 Å². The van der Waals surface area contributed by atoms with Gasteiger partial charge in [0.05, 0.1) is 12.2 Å². The second-order valence-corrected chi connectivity index (χ2v) is 5.43. The Balaban J connectivity index is 1.80. The molecule has 7 heteroatoms. The summed E-state index contributed by atoms with van der Waals surface area (Å²) in [5, 5.41) is 4.17. The minimum Gasteiger partial charge on any atom is -0.372 e. The van der Waals surface area contributed by atoms with Crippen molar-refractivity contribution in [3.63, 3.8) is 0 Å². The number of fused-ring (bicyclic) bond motifs is 1. The van der Waals surface area contributed by atoms with Crippen LogP contribution in [0.1, 0.15) is 13.8 Å². The van der Waals surface area contributed by atoms with Crippen molar-refractivity contribution in [1.82, 2.24) is 19.1 Å². The first kappa shape index (κ1) is 13.8. The standard InChI is InChI=1S/C14H18N4O3/c1-10-7-16(8-11(2)21-10)13(19)9-18-14(20)17-6-4-3-5-12(17)15-18/h3-6,10-11H,7-9H2,1-2H3/t10-,11-/m0/s1. The van der Waals surface area contributed by atoms with Crippen molar-refractivity contribution in [3.8, 4) is 0 Å². The molecule has 2 aromatic heterocycles. The van der Waals surface area contributed by atoms with Gasteiger partial charge in [0.15, 0.2) is 5.65 Å². The molecule has 0 aliphatic carbocycles. The number of hydrogen-bond donors (Lipinski definition) is 0. The lowest BCUT2D eigenvalue weighted by atomic mass is 10.2. The summed E-state index contributed by atoms with van der Waals surface area (Å²) < 4.78 is 8.25. The molecule has 2 aromatic rings. The predicted octanol–water partition coefficient (Wildman–Crippen LogP) is 0.132. The van der Waals surface area contributed by atoms with Gasteiger partial charge in [-0.3, -0.25) is 9.20 Å². The zero-order valence-electron chi connectivity index (χ0n) is 12.1. The first-order valence-corrected chi connectivity index (χ1v) is 7.02. The van der Waals surface area contributed by atoms with E-state index < -0.39 is 0 Å². The minimum absolute atomic E-state index is 0.00971. The molecule has 1 amide bonds. The van der Waals surface area contributed by atoms with E-state index in [1.165, 1.54) is 9.08 Å². The van der Waals surface area contributed by atoms with Crippen LogP contribution in [0.15, 0.2) is 29.2 Å². The lowest BCUT2D eigenvalue weighted by Gasteiger charge is -2.35. The number of nitrogens with zero attached hydrogens (tertiary/aromatic N) is 4. The Labute approximate surface area is 121 Å². The molecule has 0 unspecified atom stereocenters. The zero-order valence-corrected chi connectivity index (χ0v) is 12.1. The van der Waals surface area contributed by atoms with E-state index in [1.54, 1.807) is 29.3 Å². The number of ether oxygens (including phenoxy) is 1. The molecule has 1 fully saturated rings. The third kappa shape index (κ3) is 2.69. The van der Waals surface area contributed by atoms with Crippen molar-refractivity contribution in [1.29, 1.82) is 0 Å². The summed E-state index contributed by atoms with van der Waals surface area (Å²) in [5.41, 5.74) is 0.243. The molecule has 1 aliphatic heterocycles. The van der Waals surface area contributed by atoms with Crippen LogP contribution in [0.4, 0.5) is 0 Å². The quantitative estimate of drug-likeness (QED) is 0.788. The van der Waals surface area contributed by atoms with E-state index in [9.17, 15) is 9.59 Å². The second kappa shape index (κ2) is 5.33. The molecule has 21 heavy (non-hydrogen) atoms. The van der Waals surface area contributed by atoms with Gasteiger partial charge in [0.25, 0.3) is 0 Å². The first-order valence-electron chi connectivity index (χ1n) is 7.02. The zero-order chi connectivity index (χ0) is 15.0. The van der Waals surface area contributed by atoms with E-state index in [4.69, 9.17) is 4.74 Å². The maximum atomic E-state index is 12.3. The summed E-state index contributed by atoms with van der Waals surface area (Å²) in [6, 6.07) is 5.30. The predicted molar refractivity (Wildman–Crippen MR) is 76.0 cm³/mol. The normalized spacial score (nSPS) is 22.7. The van der Waals surface area contributed by atoms with Gasteiger partial charge in [0.2, 0.25) is 5.91 Å². The van der Waals surface area contributed by atoms with Crippen molar-refractivity contribution in [2.45, 2.75) is 32.6 Å². The molecule has 2 atom stereocenters. The van der Waals surface area contributed by atoms with Crippen molar-refractivity contribution in [2.75, 3.05) is 13.1 Å². The van der Waals surface area contributed by atoms with Gasteiger partial charge in [-0.05, 0) is 26.0 Å². The lowest BCUT2D eigenvalue weighted by Crippen LogP contribution is -2.49. The molecular weight excluding hydrogens is 272 g/mol. The summed E-state index contributed by atoms with van der Waals surface area (Å²) in [4.78, 5) is 26.2. The van der Waals surface area contributed by atoms with Gasteiger partial charge in [-0.2, -0.15) is 0 Å². The fourth-order valence-electron chi connectivity index (χ4n) is 2.68. The Kier molecular flexibility index (Phi) is 3.50. The van der Waals surface area contributed by atoms with Crippen LogP contribution in [-0.4, -0.2) is 50.3 Å². The highest BCUT2D eigenvalue weighted by atomic mass is 16.5. The van der Waals surface area contributed by atoms with E-state index in [0.29, 0.717) is 18.7 Å². The van der Waals surface area contributed by atoms with Crippen LogP contribution in [-0.2, 0) is 16.1 Å². The Morgan fingerprint density at radius 3 is 2.71 bits per heavy atom. The Morgan fingerprint density at radius 2 is 2.05 bits per heavy atom. The highest BCUT2D eigenvalue weighted by molar-refractivity contribution is 5.76. The second-order valence-electron chi connectivity index (χ2n) is 5.43. The Morgan fingerprint density at radius 1 is 1.33 bits per heavy atom. The van der Waals surface area contributed by atoms with Crippen molar-refractivity contribution in [3.05, 3.63) is 34.9 Å². The van der Waals surface area contributed by atoms with Crippen LogP contribution in [0.5, 0.6) is 0 Å². The average molecular weight is 290 g/mol. The topological polar surface area (TPSA) is 68.8 Å². The molecule has 3 heterocycles. The molecule has 0 radical (unpaired) electrons. The van der Waals surface area contributed by atoms with Gasteiger partial charge < -0.3 is 9.64 Å². The number of amides is 1. The summed E-state index contributed by atoms with van der Waals surface area (Å²) >= 11 is 0. The maximum Gasteiger partial charge on any atom is 0.350 e. The number of rotatable bonds is 2. The van der Waals surface area contributed by atoms with Crippen LogP contribution in [0.2, 0.25) is 0 Å². The highest BCUT2D eigenvalue weighted by Gasteiger charge is 2.26. The van der Waals surface area contributed by atoms with E-state index in [2.05, 4.69) is 5.10 Å². The fraction of sp³-hybridized carbons (Fsp3) is 0.500. The molecule has 0 aromatic carbocycles. The third-order valence-corrected chi connectivity index (χ3v) is 3.55. The van der Waals surface area contributed by atoms with E-state index in [-0.39, 0.29) is 30.3 Å². The van der Waals surface area contributed by atoms with Crippen molar-refractivity contribution in [2.24, 2.45) is 0 Å². The van der Waals surface area contributed by atoms with E-state index >= 15 is 0 Å². The van der Waals surface area contributed by atoms with Crippen molar-refractivity contribution < 1.29 is 9.53 Å². The first-order chi connectivity index (χ1) is 10.0. The van der Waals surface area contributed by atoms with Gasteiger partial charge in [-0.1, -0.05) is 6.07 Å². The number of hydrogen-bond acceptors (Lipinski definition) is 4. The largest absolute Gasteiger partial charge is 0.372 e. The molecular formula is C14H18N4O3. The number of carbonyl (C=O) groups is 1. The maximum absolute atomic E-state index is 12.3. The van der Waals surface area contributed by atoms with Gasteiger partial charge in [-0.25, -0.2) is 9.48 Å². The van der Waals surface area contributed by atoms with Crippen LogP contribution in [0.25, 0.3) is 5.65 Å². The molecule has 0 bridgehead atoms. The number of carbonyl (C=O) groups excluding carboxylic acids is 1. The Hall–Kier alpha value is -2.15. The molecule has 0 N–H and O–H groups in total. The number of morpholine rings is 1. The van der Waals surface area contributed by atoms with E-state index in [0.717, 1.165) is 0 Å². The molecule has 1 saturated heterocycles. The van der Waals surface area contributed by atoms with Crippen LogP contribution in [0, 0.1) is 0 Å². The third-order valence-electron chi connectivity index (χ3n) is 3.55. The average Bonchev–Trinajstić information content (AvgIpc) is 2.75. The lowest BCUT2D eigenvalue weighted by molar-refractivity contribution is -0.144. The smallest absolute Gasteiger partial charge is 0.350 e. The summed E-state index contributed by atoms with van der Waals surface area (Å²) in [6.45, 7) is 4.93. The molecule has 112 valence electrons. The molecule has 3 rings (SSSR count).